The predicted octanol–water partition coefficient (Wildman–Crippen LogP) is 3.41. The highest BCUT2D eigenvalue weighted by Gasteiger charge is 2.16. The fraction of sp³-hybridized carbons (Fsp3) is 0.125. The molecule has 5 nitrogen and oxygen atoms in total. The number of hydrogen-bond acceptors (Lipinski definition) is 3. The highest BCUT2D eigenvalue weighted by Crippen LogP contribution is 2.31. The molecule has 0 bridgehead atoms. The van der Waals surface area contributed by atoms with Gasteiger partial charge in [-0.25, -0.2) is 23.1 Å². The topological polar surface area (TPSA) is 72.5 Å². The van der Waals surface area contributed by atoms with Gasteiger partial charge < -0.3 is 15.3 Å². The summed E-state index contributed by atoms with van der Waals surface area (Å²) in [5.74, 6) is -0.962. The summed E-state index contributed by atoms with van der Waals surface area (Å²) >= 11 is 0. The Morgan fingerprint density at radius 2 is 2.00 bits per heavy atom. The van der Waals surface area contributed by atoms with Crippen molar-refractivity contribution in [3.05, 3.63) is 42.2 Å². The smallest absolute Gasteiger partial charge is 0.166 e. The SMILES string of the molecule is Nc1nc(-c2c[nH]c3c(F)cc(F)cc23)nc2c1ccn2CCF. The molecule has 24 heavy (non-hydrogen) atoms. The lowest BCUT2D eigenvalue weighted by atomic mass is 10.1. The molecule has 3 heterocycles. The second-order valence-corrected chi connectivity index (χ2v) is 5.38. The van der Waals surface area contributed by atoms with E-state index < -0.39 is 18.3 Å². The minimum Gasteiger partial charge on any atom is -0.383 e. The maximum absolute atomic E-state index is 13.8. The standard InChI is InChI=1S/C16H12F3N5/c17-2-4-24-3-1-9-14(20)22-15(23-16(9)24)11-7-21-13-10(11)5-8(18)6-12(13)19/h1,3,5-7,21H,2,4H2,(H2,20,22,23). The highest BCUT2D eigenvalue weighted by atomic mass is 19.1. The van der Waals surface area contributed by atoms with Crippen molar-refractivity contribution in [2.75, 3.05) is 12.4 Å². The molecular formula is C16H12F3N5. The van der Waals surface area contributed by atoms with Crippen LogP contribution in [-0.4, -0.2) is 26.2 Å². The quantitative estimate of drug-likeness (QED) is 0.604. The molecule has 4 aromatic rings. The first-order valence-electron chi connectivity index (χ1n) is 7.23. The molecule has 1 aromatic carbocycles. The van der Waals surface area contributed by atoms with Gasteiger partial charge in [-0.1, -0.05) is 0 Å². The number of halogens is 3. The third kappa shape index (κ3) is 2.10. The second-order valence-electron chi connectivity index (χ2n) is 5.38. The van der Waals surface area contributed by atoms with Gasteiger partial charge in [0.2, 0.25) is 0 Å². The summed E-state index contributed by atoms with van der Waals surface area (Å²) in [6.45, 7) is -0.414. The van der Waals surface area contributed by atoms with E-state index in [0.29, 0.717) is 22.0 Å². The van der Waals surface area contributed by atoms with Crippen LogP contribution in [0.15, 0.2) is 30.6 Å². The van der Waals surface area contributed by atoms with E-state index in [9.17, 15) is 13.2 Å². The first kappa shape index (κ1) is 14.6. The van der Waals surface area contributed by atoms with Gasteiger partial charge in [0, 0.05) is 29.4 Å². The number of anilines is 1. The van der Waals surface area contributed by atoms with Crippen LogP contribution in [0.2, 0.25) is 0 Å². The van der Waals surface area contributed by atoms with Crippen LogP contribution in [0, 0.1) is 11.6 Å². The monoisotopic (exact) mass is 331 g/mol. The zero-order valence-electron chi connectivity index (χ0n) is 12.4. The van der Waals surface area contributed by atoms with Crippen molar-refractivity contribution >= 4 is 27.8 Å². The minimum atomic E-state index is -0.703. The molecule has 0 aliphatic carbocycles. The van der Waals surface area contributed by atoms with E-state index >= 15 is 0 Å². The van der Waals surface area contributed by atoms with Gasteiger partial charge in [0.25, 0.3) is 0 Å². The van der Waals surface area contributed by atoms with Crippen molar-refractivity contribution in [1.29, 1.82) is 0 Å². The molecule has 0 atom stereocenters. The van der Waals surface area contributed by atoms with Crippen LogP contribution >= 0.6 is 0 Å². The summed E-state index contributed by atoms with van der Waals surface area (Å²) in [6, 6.07) is 3.71. The van der Waals surface area contributed by atoms with Crippen LogP contribution in [0.4, 0.5) is 19.0 Å². The molecule has 0 aliphatic rings. The Morgan fingerprint density at radius 3 is 2.79 bits per heavy atom. The molecule has 0 spiro atoms. The average Bonchev–Trinajstić information content (AvgIpc) is 3.12. The zero-order valence-corrected chi connectivity index (χ0v) is 12.4. The van der Waals surface area contributed by atoms with E-state index in [1.165, 1.54) is 12.3 Å². The lowest BCUT2D eigenvalue weighted by molar-refractivity contribution is 0.450. The van der Waals surface area contributed by atoms with Crippen molar-refractivity contribution in [2.24, 2.45) is 0 Å². The fourth-order valence-corrected chi connectivity index (χ4v) is 2.82. The maximum Gasteiger partial charge on any atom is 0.166 e. The average molecular weight is 331 g/mol. The Kier molecular flexibility index (Phi) is 3.19. The molecule has 0 aliphatic heterocycles. The summed E-state index contributed by atoms with van der Waals surface area (Å²) in [5.41, 5.74) is 7.01. The van der Waals surface area contributed by atoms with E-state index in [4.69, 9.17) is 5.73 Å². The molecule has 3 N–H and O–H groups in total. The summed E-state index contributed by atoms with van der Waals surface area (Å²) in [4.78, 5) is 11.4. The summed E-state index contributed by atoms with van der Waals surface area (Å²) in [7, 11) is 0. The molecule has 122 valence electrons. The fourth-order valence-electron chi connectivity index (χ4n) is 2.82. The molecule has 0 saturated heterocycles. The Hall–Kier alpha value is -3.03. The van der Waals surface area contributed by atoms with Crippen molar-refractivity contribution in [1.82, 2.24) is 19.5 Å². The maximum atomic E-state index is 13.8. The number of alkyl halides is 1. The predicted molar refractivity (Wildman–Crippen MR) is 85.1 cm³/mol. The summed E-state index contributed by atoms with van der Waals surface area (Å²) in [5, 5.41) is 0.916. The minimum absolute atomic E-state index is 0.135. The van der Waals surface area contributed by atoms with Gasteiger partial charge in [-0.15, -0.1) is 0 Å². The number of nitrogens with one attached hydrogen (secondary N) is 1. The largest absolute Gasteiger partial charge is 0.383 e. The Morgan fingerprint density at radius 1 is 1.17 bits per heavy atom. The van der Waals surface area contributed by atoms with Gasteiger partial charge in [-0.3, -0.25) is 0 Å². The molecule has 0 unspecified atom stereocenters. The number of H-pyrrole nitrogens is 1. The number of aromatic nitrogens is 4. The van der Waals surface area contributed by atoms with Gasteiger partial charge in [-0.05, 0) is 12.1 Å². The molecule has 3 aromatic heterocycles. The number of aryl methyl sites for hydroxylation is 1. The number of hydrogen-bond donors (Lipinski definition) is 2. The molecular weight excluding hydrogens is 319 g/mol. The molecule has 8 heteroatoms. The lowest BCUT2D eigenvalue weighted by Gasteiger charge is -2.05. The summed E-state index contributed by atoms with van der Waals surface area (Å²) in [6.07, 6.45) is 3.17. The van der Waals surface area contributed by atoms with E-state index in [0.717, 1.165) is 6.07 Å². The van der Waals surface area contributed by atoms with E-state index in [-0.39, 0.29) is 23.7 Å². The van der Waals surface area contributed by atoms with Crippen molar-refractivity contribution in [3.63, 3.8) is 0 Å². The summed E-state index contributed by atoms with van der Waals surface area (Å²) < 4.78 is 41.7. The van der Waals surface area contributed by atoms with Crippen LogP contribution in [0.1, 0.15) is 0 Å². The number of aromatic amines is 1. The number of nitrogens with zero attached hydrogens (tertiary/aromatic N) is 3. The van der Waals surface area contributed by atoms with Crippen LogP contribution in [0.5, 0.6) is 0 Å². The number of nitrogen functional groups attached to an aromatic ring is 1. The number of nitrogens with two attached hydrogens (primary N) is 1. The molecule has 0 amide bonds. The first-order valence-corrected chi connectivity index (χ1v) is 7.23. The van der Waals surface area contributed by atoms with Gasteiger partial charge in [0.1, 0.15) is 29.8 Å². The van der Waals surface area contributed by atoms with E-state index in [2.05, 4.69) is 15.0 Å². The number of benzene rings is 1. The number of fused-ring (bicyclic) bond motifs is 2. The molecule has 0 fully saturated rings. The normalized spacial score (nSPS) is 11.6. The highest BCUT2D eigenvalue weighted by molar-refractivity contribution is 5.96. The third-order valence-corrected chi connectivity index (χ3v) is 3.92. The van der Waals surface area contributed by atoms with Gasteiger partial charge >= 0.3 is 0 Å². The van der Waals surface area contributed by atoms with Crippen LogP contribution in [0.3, 0.4) is 0 Å². The third-order valence-electron chi connectivity index (χ3n) is 3.92. The van der Waals surface area contributed by atoms with Crippen molar-refractivity contribution in [2.45, 2.75) is 6.54 Å². The Balaban J connectivity index is 1.98. The van der Waals surface area contributed by atoms with E-state index in [1.54, 1.807) is 16.8 Å². The van der Waals surface area contributed by atoms with Gasteiger partial charge in [-0.2, -0.15) is 0 Å². The first-order chi connectivity index (χ1) is 11.6. The number of rotatable bonds is 3. The van der Waals surface area contributed by atoms with Crippen molar-refractivity contribution in [3.8, 4) is 11.4 Å². The van der Waals surface area contributed by atoms with Gasteiger partial charge in [0.15, 0.2) is 5.82 Å². The molecule has 0 radical (unpaired) electrons. The second kappa shape index (κ2) is 5.26. The Bertz CT molecular complexity index is 1070. The van der Waals surface area contributed by atoms with Gasteiger partial charge in [0.05, 0.1) is 17.4 Å². The van der Waals surface area contributed by atoms with Crippen LogP contribution in [0.25, 0.3) is 33.3 Å². The lowest BCUT2D eigenvalue weighted by Crippen LogP contribution is -2.02. The molecule has 0 saturated carbocycles. The van der Waals surface area contributed by atoms with Crippen LogP contribution < -0.4 is 5.73 Å². The molecule has 4 rings (SSSR count). The Labute approximate surface area is 133 Å². The van der Waals surface area contributed by atoms with Crippen LogP contribution in [-0.2, 0) is 6.54 Å². The van der Waals surface area contributed by atoms with E-state index in [1.807, 2.05) is 0 Å². The van der Waals surface area contributed by atoms with Crippen molar-refractivity contribution < 1.29 is 13.2 Å². The zero-order chi connectivity index (χ0) is 16.8.